The molecular weight excluding hydrogens is 296 g/mol. The number of thioether (sulfide) groups is 2. The van der Waals surface area contributed by atoms with Crippen LogP contribution < -0.4 is 5.32 Å². The van der Waals surface area contributed by atoms with E-state index in [2.05, 4.69) is 25.8 Å². The molecule has 0 radical (unpaired) electrons. The number of nitrogens with zero attached hydrogens (tertiary/aromatic N) is 5. The predicted molar refractivity (Wildman–Crippen MR) is 77.7 cm³/mol. The summed E-state index contributed by atoms with van der Waals surface area (Å²) in [6.45, 7) is 1.88. The first-order valence-electron chi connectivity index (χ1n) is 6.56. The second-order valence-electron chi connectivity index (χ2n) is 4.79. The molecule has 2 aromatic heterocycles. The van der Waals surface area contributed by atoms with Gasteiger partial charge in [0.25, 0.3) is 5.89 Å². The maximum absolute atomic E-state index is 5.33. The van der Waals surface area contributed by atoms with Crippen molar-refractivity contribution in [2.45, 2.75) is 11.3 Å². The van der Waals surface area contributed by atoms with Crippen LogP contribution in [0.25, 0.3) is 11.6 Å². The maximum atomic E-state index is 5.33. The number of nitrogens with one attached hydrogen (secondary N) is 1. The SMILES string of the molecule is c1c(-c2nc(C3CSCCS3)no2)nnn1C1CNC1. The summed E-state index contributed by atoms with van der Waals surface area (Å²) in [5, 5.41) is 15.9. The van der Waals surface area contributed by atoms with Gasteiger partial charge in [-0.3, -0.25) is 0 Å². The Kier molecular flexibility index (Phi) is 3.41. The molecule has 4 rings (SSSR count). The van der Waals surface area contributed by atoms with Gasteiger partial charge >= 0.3 is 0 Å². The highest BCUT2D eigenvalue weighted by atomic mass is 32.2. The van der Waals surface area contributed by atoms with Crippen molar-refractivity contribution < 1.29 is 4.52 Å². The van der Waals surface area contributed by atoms with Crippen LogP contribution in [0.4, 0.5) is 0 Å². The molecule has 0 aliphatic carbocycles. The molecule has 2 aliphatic rings. The Hall–Kier alpha value is -1.06. The van der Waals surface area contributed by atoms with Gasteiger partial charge < -0.3 is 9.84 Å². The van der Waals surface area contributed by atoms with Crippen molar-refractivity contribution in [2.24, 2.45) is 0 Å². The summed E-state index contributed by atoms with van der Waals surface area (Å²) < 4.78 is 7.20. The molecular formula is C11H14N6OS2. The van der Waals surface area contributed by atoms with E-state index in [0.29, 0.717) is 22.9 Å². The Bertz CT molecular complexity index is 589. The summed E-state index contributed by atoms with van der Waals surface area (Å²) in [6, 6.07) is 0.393. The minimum Gasteiger partial charge on any atom is -0.332 e. The Morgan fingerprint density at radius 2 is 2.30 bits per heavy atom. The number of aromatic nitrogens is 5. The highest BCUT2D eigenvalue weighted by molar-refractivity contribution is 8.06. The van der Waals surface area contributed by atoms with Crippen LogP contribution in [0.3, 0.4) is 0 Å². The fourth-order valence-electron chi connectivity index (χ4n) is 2.12. The summed E-state index contributed by atoms with van der Waals surface area (Å²) in [7, 11) is 0. The summed E-state index contributed by atoms with van der Waals surface area (Å²) in [4.78, 5) is 4.48. The molecule has 0 bridgehead atoms. The molecule has 20 heavy (non-hydrogen) atoms. The zero-order valence-corrected chi connectivity index (χ0v) is 12.4. The quantitative estimate of drug-likeness (QED) is 0.899. The van der Waals surface area contributed by atoms with Crippen molar-refractivity contribution in [1.29, 1.82) is 0 Å². The van der Waals surface area contributed by atoms with E-state index in [1.54, 1.807) is 0 Å². The molecule has 1 unspecified atom stereocenters. The third-order valence-corrected chi connectivity index (χ3v) is 6.16. The molecule has 9 heteroatoms. The van der Waals surface area contributed by atoms with Gasteiger partial charge in [-0.1, -0.05) is 10.4 Å². The van der Waals surface area contributed by atoms with E-state index in [4.69, 9.17) is 4.52 Å². The lowest BCUT2D eigenvalue weighted by Gasteiger charge is -2.26. The standard InChI is InChI=1S/C11H14N6OS2/c1-2-20-9(6-19-1)10-13-11(18-15-10)8-5-17(16-14-8)7-3-12-4-7/h5,7,9,12H,1-4,6H2. The molecule has 4 heterocycles. The highest BCUT2D eigenvalue weighted by Crippen LogP contribution is 2.35. The van der Waals surface area contributed by atoms with Crippen LogP contribution in [0.1, 0.15) is 17.1 Å². The highest BCUT2D eigenvalue weighted by Gasteiger charge is 2.25. The van der Waals surface area contributed by atoms with Crippen molar-refractivity contribution in [1.82, 2.24) is 30.5 Å². The second-order valence-corrected chi connectivity index (χ2v) is 7.25. The van der Waals surface area contributed by atoms with E-state index in [0.717, 1.165) is 30.4 Å². The average Bonchev–Trinajstić information content (AvgIpc) is 3.06. The van der Waals surface area contributed by atoms with Crippen LogP contribution in [-0.2, 0) is 0 Å². The third-order valence-electron chi connectivity index (χ3n) is 3.41. The van der Waals surface area contributed by atoms with Crippen molar-refractivity contribution in [3.05, 3.63) is 12.0 Å². The predicted octanol–water partition coefficient (Wildman–Crippen LogP) is 0.993. The Balaban J connectivity index is 1.53. The Labute approximate surface area is 124 Å². The minimum absolute atomic E-state index is 0.331. The number of hydrogen-bond acceptors (Lipinski definition) is 8. The summed E-state index contributed by atoms with van der Waals surface area (Å²) >= 11 is 3.83. The molecule has 106 valence electrons. The number of hydrogen-bond donors (Lipinski definition) is 1. The van der Waals surface area contributed by atoms with Crippen LogP contribution in [0, 0.1) is 0 Å². The first-order chi connectivity index (χ1) is 9.90. The molecule has 0 saturated carbocycles. The van der Waals surface area contributed by atoms with Gasteiger partial charge in [0.15, 0.2) is 11.5 Å². The van der Waals surface area contributed by atoms with E-state index in [1.165, 1.54) is 5.75 Å². The zero-order chi connectivity index (χ0) is 13.4. The van der Waals surface area contributed by atoms with Crippen molar-refractivity contribution in [3.63, 3.8) is 0 Å². The average molecular weight is 310 g/mol. The molecule has 0 aromatic carbocycles. The summed E-state index contributed by atoms with van der Waals surface area (Å²) in [5.41, 5.74) is 0.657. The molecule has 2 saturated heterocycles. The molecule has 1 N–H and O–H groups in total. The lowest BCUT2D eigenvalue weighted by atomic mass is 10.2. The molecule has 7 nitrogen and oxygen atoms in total. The van der Waals surface area contributed by atoms with Gasteiger partial charge in [0.05, 0.1) is 17.5 Å². The molecule has 1 atom stereocenters. The number of rotatable bonds is 3. The first-order valence-corrected chi connectivity index (χ1v) is 8.76. The molecule has 2 aliphatic heterocycles. The van der Waals surface area contributed by atoms with Gasteiger partial charge in [0.1, 0.15) is 0 Å². The molecule has 2 aromatic rings. The van der Waals surface area contributed by atoms with E-state index in [-0.39, 0.29) is 0 Å². The van der Waals surface area contributed by atoms with Crippen LogP contribution in [0.15, 0.2) is 10.7 Å². The van der Waals surface area contributed by atoms with Crippen molar-refractivity contribution in [3.8, 4) is 11.6 Å². The maximum Gasteiger partial charge on any atom is 0.280 e. The molecule has 0 spiro atoms. The van der Waals surface area contributed by atoms with Crippen LogP contribution in [0.2, 0.25) is 0 Å². The molecule has 0 amide bonds. The topological polar surface area (TPSA) is 81.7 Å². The zero-order valence-electron chi connectivity index (χ0n) is 10.7. The molecule has 2 fully saturated rings. The van der Waals surface area contributed by atoms with Gasteiger partial charge in [0, 0.05) is 30.3 Å². The van der Waals surface area contributed by atoms with E-state index >= 15 is 0 Å². The summed E-state index contributed by atoms with van der Waals surface area (Å²) in [6.07, 6.45) is 1.88. The lowest BCUT2D eigenvalue weighted by molar-refractivity contribution is 0.313. The largest absolute Gasteiger partial charge is 0.332 e. The minimum atomic E-state index is 0.331. The van der Waals surface area contributed by atoms with Crippen LogP contribution in [-0.4, -0.2) is 55.5 Å². The third kappa shape index (κ3) is 2.33. The van der Waals surface area contributed by atoms with Gasteiger partial charge in [0.2, 0.25) is 0 Å². The van der Waals surface area contributed by atoms with E-state index in [1.807, 2.05) is 34.4 Å². The van der Waals surface area contributed by atoms with Gasteiger partial charge in [-0.05, 0) is 0 Å². The normalized spacial score (nSPS) is 23.7. The van der Waals surface area contributed by atoms with E-state index in [9.17, 15) is 0 Å². The van der Waals surface area contributed by atoms with Gasteiger partial charge in [-0.2, -0.15) is 16.7 Å². The first kappa shape index (κ1) is 12.7. The van der Waals surface area contributed by atoms with Gasteiger partial charge in [-0.25, -0.2) is 4.68 Å². The smallest absolute Gasteiger partial charge is 0.280 e. The monoisotopic (exact) mass is 310 g/mol. The lowest BCUT2D eigenvalue weighted by Crippen LogP contribution is -2.43. The fraction of sp³-hybridized carbons (Fsp3) is 0.636. The van der Waals surface area contributed by atoms with Crippen molar-refractivity contribution >= 4 is 23.5 Å². The van der Waals surface area contributed by atoms with Crippen LogP contribution in [0.5, 0.6) is 0 Å². The second kappa shape index (κ2) is 5.38. The van der Waals surface area contributed by atoms with Gasteiger partial charge in [-0.15, -0.1) is 16.9 Å². The summed E-state index contributed by atoms with van der Waals surface area (Å²) in [5.74, 6) is 4.64. The Morgan fingerprint density at radius 1 is 1.35 bits per heavy atom. The van der Waals surface area contributed by atoms with E-state index < -0.39 is 0 Å². The Morgan fingerprint density at radius 3 is 3.05 bits per heavy atom. The van der Waals surface area contributed by atoms with Crippen LogP contribution >= 0.6 is 23.5 Å². The van der Waals surface area contributed by atoms with Crippen molar-refractivity contribution in [2.75, 3.05) is 30.3 Å². The fourth-order valence-corrected chi connectivity index (χ4v) is 4.71.